The fraction of sp³-hybridized carbons (Fsp3) is 0.333. The van der Waals surface area contributed by atoms with Crippen LogP contribution in [-0.4, -0.2) is 38.0 Å². The van der Waals surface area contributed by atoms with Crippen LogP contribution in [0.25, 0.3) is 0 Å². The van der Waals surface area contributed by atoms with Gasteiger partial charge in [-0.25, -0.2) is 13.9 Å². The quantitative estimate of drug-likeness (QED) is 0.804. The van der Waals surface area contributed by atoms with E-state index in [2.05, 4.69) is 31.6 Å². The molecule has 1 saturated carbocycles. The number of nitrogens with one attached hydrogen (secondary N) is 1. The van der Waals surface area contributed by atoms with Crippen molar-refractivity contribution in [2.24, 2.45) is 0 Å². The Morgan fingerprint density at radius 1 is 1.42 bits per heavy atom. The predicted octanol–water partition coefficient (Wildman–Crippen LogP) is 1.94. The first-order valence-corrected chi connectivity index (χ1v) is 8.09. The van der Waals surface area contributed by atoms with Crippen LogP contribution in [-0.2, 0) is 11.3 Å². The zero-order valence-corrected chi connectivity index (χ0v) is 14.0. The van der Waals surface area contributed by atoms with Gasteiger partial charge < -0.3 is 10.4 Å². The van der Waals surface area contributed by atoms with Crippen molar-refractivity contribution in [2.45, 2.75) is 31.3 Å². The summed E-state index contributed by atoms with van der Waals surface area (Å²) in [4.78, 5) is 22.6. The van der Waals surface area contributed by atoms with E-state index >= 15 is 0 Å². The number of amides is 1. The van der Waals surface area contributed by atoms with Crippen molar-refractivity contribution in [1.82, 2.24) is 20.3 Å². The average Bonchev–Trinajstić information content (AvgIpc) is 2.94. The summed E-state index contributed by atoms with van der Waals surface area (Å²) < 4.78 is 14.9. The molecule has 1 aromatic carbocycles. The third-order valence-corrected chi connectivity index (χ3v) is 4.59. The van der Waals surface area contributed by atoms with E-state index in [4.69, 9.17) is 5.11 Å². The topological polar surface area (TPSA) is 97.1 Å². The van der Waals surface area contributed by atoms with Gasteiger partial charge in [0, 0.05) is 6.04 Å². The summed E-state index contributed by atoms with van der Waals surface area (Å²) in [6, 6.07) is 5.00. The second kappa shape index (κ2) is 6.68. The third kappa shape index (κ3) is 3.61. The Morgan fingerprint density at radius 2 is 2.17 bits per heavy atom. The van der Waals surface area contributed by atoms with Crippen molar-refractivity contribution in [3.63, 3.8) is 0 Å². The third-order valence-electron chi connectivity index (χ3n) is 3.98. The second-order valence-electron chi connectivity index (χ2n) is 5.71. The number of carbonyl (C=O) groups is 2. The van der Waals surface area contributed by atoms with Gasteiger partial charge in [-0.15, -0.1) is 5.10 Å². The number of nitrogens with zero attached hydrogens (tertiary/aromatic N) is 3. The van der Waals surface area contributed by atoms with Crippen LogP contribution >= 0.6 is 15.9 Å². The Balaban J connectivity index is 1.48. The number of rotatable bonds is 5. The number of carboxylic acids is 1. The largest absolute Gasteiger partial charge is 0.476 e. The number of carbonyl (C=O) groups excluding carboxylic acids is 1. The van der Waals surface area contributed by atoms with Crippen molar-refractivity contribution in [2.75, 3.05) is 0 Å². The summed E-state index contributed by atoms with van der Waals surface area (Å²) in [5, 5.41) is 18.7. The van der Waals surface area contributed by atoms with Gasteiger partial charge in [-0.3, -0.25) is 4.79 Å². The molecule has 0 aliphatic heterocycles. The Kier molecular flexibility index (Phi) is 4.61. The van der Waals surface area contributed by atoms with Gasteiger partial charge in [-0.1, -0.05) is 11.3 Å². The van der Waals surface area contributed by atoms with Crippen molar-refractivity contribution in [3.8, 4) is 0 Å². The zero-order valence-electron chi connectivity index (χ0n) is 12.4. The molecule has 3 rings (SSSR count). The van der Waals surface area contributed by atoms with Gasteiger partial charge in [0.1, 0.15) is 12.4 Å². The molecule has 0 saturated heterocycles. The fourth-order valence-corrected chi connectivity index (χ4v) is 3.06. The maximum absolute atomic E-state index is 13.2. The van der Waals surface area contributed by atoms with Gasteiger partial charge in [-0.2, -0.15) is 0 Å². The van der Waals surface area contributed by atoms with Crippen molar-refractivity contribution < 1.29 is 19.1 Å². The first-order valence-electron chi connectivity index (χ1n) is 7.30. The van der Waals surface area contributed by atoms with Crippen molar-refractivity contribution in [3.05, 3.63) is 45.9 Å². The molecule has 0 unspecified atom stereocenters. The lowest BCUT2D eigenvalue weighted by Crippen LogP contribution is -2.44. The molecule has 0 spiro atoms. The Labute approximate surface area is 145 Å². The molecule has 1 aromatic heterocycles. The van der Waals surface area contributed by atoms with E-state index < -0.39 is 5.97 Å². The molecular formula is C15H14BrFN4O3. The lowest BCUT2D eigenvalue weighted by Gasteiger charge is -2.36. The summed E-state index contributed by atoms with van der Waals surface area (Å²) >= 11 is 3.17. The highest BCUT2D eigenvalue weighted by atomic mass is 79.9. The van der Waals surface area contributed by atoms with E-state index in [-0.39, 0.29) is 35.9 Å². The Morgan fingerprint density at radius 3 is 2.79 bits per heavy atom. The van der Waals surface area contributed by atoms with Gasteiger partial charge in [0.25, 0.3) is 0 Å². The summed E-state index contributed by atoms with van der Waals surface area (Å²) in [5.41, 5.74) is 0.838. The molecule has 1 fully saturated rings. The highest BCUT2D eigenvalue weighted by Crippen LogP contribution is 2.38. The van der Waals surface area contributed by atoms with E-state index in [1.165, 1.54) is 16.9 Å². The molecule has 0 radical (unpaired) electrons. The van der Waals surface area contributed by atoms with Crippen LogP contribution in [0.1, 0.15) is 34.8 Å². The number of halogens is 2. The minimum atomic E-state index is -1.19. The minimum absolute atomic E-state index is 0.0498. The van der Waals surface area contributed by atoms with Crippen LogP contribution in [0.2, 0.25) is 0 Å². The predicted molar refractivity (Wildman–Crippen MR) is 85.0 cm³/mol. The van der Waals surface area contributed by atoms with Crippen LogP contribution in [0.5, 0.6) is 0 Å². The number of aromatic carboxylic acids is 1. The Bertz CT molecular complexity index is 789. The maximum atomic E-state index is 13.2. The molecule has 9 heteroatoms. The molecule has 1 aliphatic carbocycles. The number of carboxylic acid groups (broad SMARTS) is 1. The van der Waals surface area contributed by atoms with Crippen LogP contribution in [0, 0.1) is 5.82 Å². The number of aromatic nitrogens is 3. The van der Waals surface area contributed by atoms with Crippen LogP contribution in [0.15, 0.2) is 28.9 Å². The molecular weight excluding hydrogens is 383 g/mol. The van der Waals surface area contributed by atoms with Gasteiger partial charge >= 0.3 is 5.97 Å². The van der Waals surface area contributed by atoms with Crippen LogP contribution in [0.4, 0.5) is 4.39 Å². The molecule has 1 amide bonds. The second-order valence-corrected chi connectivity index (χ2v) is 6.57. The number of benzene rings is 1. The first-order chi connectivity index (χ1) is 11.4. The molecule has 126 valence electrons. The van der Waals surface area contributed by atoms with Gasteiger partial charge in [-0.05, 0) is 52.4 Å². The molecule has 1 heterocycles. The number of hydrogen-bond acceptors (Lipinski definition) is 4. The van der Waals surface area contributed by atoms with E-state index in [9.17, 15) is 14.0 Å². The van der Waals surface area contributed by atoms with Crippen molar-refractivity contribution in [1.29, 1.82) is 0 Å². The van der Waals surface area contributed by atoms with E-state index in [1.54, 1.807) is 12.1 Å². The van der Waals surface area contributed by atoms with E-state index in [0.29, 0.717) is 4.47 Å². The SMILES string of the molecule is O=C(Cn1cc(C(=O)O)nn1)NC1CC(c2ccc(F)c(Br)c2)C1. The summed E-state index contributed by atoms with van der Waals surface area (Å²) in [6.07, 6.45) is 2.77. The molecule has 2 aromatic rings. The molecule has 1 aliphatic rings. The first kappa shape index (κ1) is 16.6. The highest BCUT2D eigenvalue weighted by molar-refractivity contribution is 9.10. The van der Waals surface area contributed by atoms with E-state index in [1.807, 2.05) is 0 Å². The maximum Gasteiger partial charge on any atom is 0.358 e. The number of hydrogen-bond donors (Lipinski definition) is 2. The Hall–Kier alpha value is -2.29. The van der Waals surface area contributed by atoms with E-state index in [0.717, 1.165) is 18.4 Å². The zero-order chi connectivity index (χ0) is 17.3. The molecule has 0 bridgehead atoms. The lowest BCUT2D eigenvalue weighted by molar-refractivity contribution is -0.123. The molecule has 7 nitrogen and oxygen atoms in total. The minimum Gasteiger partial charge on any atom is -0.476 e. The molecule has 0 atom stereocenters. The standard InChI is InChI=1S/C15H14BrFN4O3/c16-11-5-8(1-2-12(11)17)9-3-10(4-9)18-14(22)7-21-6-13(15(23)24)19-20-21/h1-2,5-6,9-10H,3-4,7H2,(H,18,22)(H,23,24). The summed E-state index contributed by atoms with van der Waals surface area (Å²) in [6.45, 7) is -0.0798. The lowest BCUT2D eigenvalue weighted by atomic mass is 9.76. The monoisotopic (exact) mass is 396 g/mol. The van der Waals surface area contributed by atoms with Crippen LogP contribution < -0.4 is 5.32 Å². The fourth-order valence-electron chi connectivity index (χ4n) is 2.67. The van der Waals surface area contributed by atoms with Crippen LogP contribution in [0.3, 0.4) is 0 Å². The smallest absolute Gasteiger partial charge is 0.358 e. The normalized spacial score (nSPS) is 19.6. The highest BCUT2D eigenvalue weighted by Gasteiger charge is 2.31. The summed E-state index contributed by atoms with van der Waals surface area (Å²) in [7, 11) is 0. The molecule has 24 heavy (non-hydrogen) atoms. The van der Waals surface area contributed by atoms with Crippen molar-refractivity contribution >= 4 is 27.8 Å². The molecule has 2 N–H and O–H groups in total. The average molecular weight is 397 g/mol. The van der Waals surface area contributed by atoms with Gasteiger partial charge in [0.15, 0.2) is 5.69 Å². The summed E-state index contributed by atoms with van der Waals surface area (Å²) in [5.74, 6) is -1.44. The van der Waals surface area contributed by atoms with Gasteiger partial charge in [0.2, 0.25) is 5.91 Å². The van der Waals surface area contributed by atoms with Gasteiger partial charge in [0.05, 0.1) is 10.7 Å².